The summed E-state index contributed by atoms with van der Waals surface area (Å²) < 4.78 is 67.6. The minimum atomic E-state index is -5.91. The number of benzene rings is 1. The van der Waals surface area contributed by atoms with Crippen LogP contribution in [0.15, 0.2) is 18.2 Å². The van der Waals surface area contributed by atoms with E-state index in [2.05, 4.69) is 0 Å². The minimum absolute atomic E-state index is 0.118. The number of ether oxygens (including phenoxy) is 1. The summed E-state index contributed by atoms with van der Waals surface area (Å²) in [5.74, 6) is -7.18. The van der Waals surface area contributed by atoms with Gasteiger partial charge in [0.1, 0.15) is 5.75 Å². The van der Waals surface area contributed by atoms with Gasteiger partial charge >= 0.3 is 18.0 Å². The molecule has 1 aromatic rings. The van der Waals surface area contributed by atoms with Gasteiger partial charge in [-0.2, -0.15) is 22.0 Å². The van der Waals surface area contributed by atoms with Crippen LogP contribution in [0.1, 0.15) is 24.5 Å². The highest BCUT2D eigenvalue weighted by atomic mass is 19.4. The van der Waals surface area contributed by atoms with Gasteiger partial charge in [0.2, 0.25) is 0 Å². The zero-order chi connectivity index (χ0) is 17.8. The van der Waals surface area contributed by atoms with Gasteiger partial charge in [-0.15, -0.1) is 0 Å². The fourth-order valence-corrected chi connectivity index (χ4v) is 1.98. The predicted molar refractivity (Wildman–Crippen MR) is 74.7 cm³/mol. The van der Waals surface area contributed by atoms with Crippen molar-refractivity contribution in [1.29, 1.82) is 0 Å². The van der Waals surface area contributed by atoms with Gasteiger partial charge in [0, 0.05) is 6.04 Å². The molecule has 1 amide bonds. The van der Waals surface area contributed by atoms with E-state index in [4.69, 9.17) is 4.74 Å². The van der Waals surface area contributed by atoms with Crippen LogP contribution in [-0.2, 0) is 11.2 Å². The molecule has 0 aliphatic carbocycles. The fraction of sp³-hybridized carbons (Fsp3) is 0.533. The van der Waals surface area contributed by atoms with E-state index in [9.17, 15) is 26.7 Å². The van der Waals surface area contributed by atoms with Crippen LogP contribution in [0.25, 0.3) is 0 Å². The SMILES string of the molecule is CCC(Cc1ccc(C)c(OC)c1)NC(=O)C(F)(F)C(F)(F)F. The quantitative estimate of drug-likeness (QED) is 0.804. The van der Waals surface area contributed by atoms with E-state index < -0.39 is 24.0 Å². The molecule has 1 N–H and O–H groups in total. The normalized spacial score (nSPS) is 13.6. The molecule has 130 valence electrons. The van der Waals surface area contributed by atoms with Gasteiger partial charge < -0.3 is 10.1 Å². The number of amides is 1. The molecule has 0 aromatic heterocycles. The van der Waals surface area contributed by atoms with E-state index in [1.54, 1.807) is 30.4 Å². The van der Waals surface area contributed by atoms with Gasteiger partial charge in [-0.3, -0.25) is 4.79 Å². The maximum Gasteiger partial charge on any atom is 0.463 e. The van der Waals surface area contributed by atoms with E-state index in [0.29, 0.717) is 11.3 Å². The third kappa shape index (κ3) is 4.56. The van der Waals surface area contributed by atoms with Crippen LogP contribution in [0, 0.1) is 6.92 Å². The first-order valence-electron chi connectivity index (χ1n) is 6.92. The van der Waals surface area contributed by atoms with Crippen LogP contribution in [-0.4, -0.2) is 31.2 Å². The Hall–Kier alpha value is -1.86. The zero-order valence-corrected chi connectivity index (χ0v) is 12.9. The molecule has 1 unspecified atom stereocenters. The van der Waals surface area contributed by atoms with Crippen molar-refractivity contribution in [2.75, 3.05) is 7.11 Å². The standard InChI is InChI=1S/C15H18F5NO2/c1-4-11(21-13(22)14(16,17)15(18,19)20)7-10-6-5-9(2)12(8-10)23-3/h5-6,8,11H,4,7H2,1-3H3,(H,21,22). The van der Waals surface area contributed by atoms with Crippen LogP contribution >= 0.6 is 0 Å². The first-order chi connectivity index (χ1) is 10.5. The Morgan fingerprint density at radius 3 is 2.35 bits per heavy atom. The predicted octanol–water partition coefficient (Wildman–Crippen LogP) is 3.64. The summed E-state index contributed by atoms with van der Waals surface area (Å²) in [7, 11) is 1.47. The first kappa shape index (κ1) is 19.2. The zero-order valence-electron chi connectivity index (χ0n) is 12.9. The minimum Gasteiger partial charge on any atom is -0.496 e. The Labute approximate surface area is 130 Å². The number of carbonyl (C=O) groups is 1. The molecule has 8 heteroatoms. The van der Waals surface area contributed by atoms with Crippen LogP contribution in [0.2, 0.25) is 0 Å². The number of hydrogen-bond donors (Lipinski definition) is 1. The van der Waals surface area contributed by atoms with Crippen molar-refractivity contribution in [3.63, 3.8) is 0 Å². The van der Waals surface area contributed by atoms with E-state index in [-0.39, 0.29) is 12.8 Å². The number of nitrogens with one attached hydrogen (secondary N) is 1. The lowest BCUT2D eigenvalue weighted by atomic mass is 10.0. The smallest absolute Gasteiger partial charge is 0.463 e. The molecule has 0 spiro atoms. The lowest BCUT2D eigenvalue weighted by Gasteiger charge is -2.23. The molecule has 1 atom stereocenters. The third-order valence-electron chi connectivity index (χ3n) is 3.42. The number of halogens is 5. The second kappa shape index (κ2) is 7.14. The molecular formula is C15H18F5NO2. The number of alkyl halides is 5. The summed E-state index contributed by atoms with van der Waals surface area (Å²) in [5, 5.41) is 1.76. The Morgan fingerprint density at radius 2 is 1.87 bits per heavy atom. The van der Waals surface area contributed by atoms with Crippen LogP contribution < -0.4 is 10.1 Å². The van der Waals surface area contributed by atoms with E-state index in [0.717, 1.165) is 5.56 Å². The number of rotatable bonds is 6. The summed E-state index contributed by atoms with van der Waals surface area (Å²) >= 11 is 0. The molecule has 0 heterocycles. The molecule has 0 saturated heterocycles. The van der Waals surface area contributed by atoms with E-state index >= 15 is 0 Å². The van der Waals surface area contributed by atoms with Gasteiger partial charge in [-0.1, -0.05) is 19.1 Å². The van der Waals surface area contributed by atoms with Crippen molar-refractivity contribution in [2.45, 2.75) is 44.8 Å². The van der Waals surface area contributed by atoms with Gasteiger partial charge in [0.15, 0.2) is 0 Å². The van der Waals surface area contributed by atoms with Crippen LogP contribution in [0.4, 0.5) is 22.0 Å². The molecule has 0 bridgehead atoms. The van der Waals surface area contributed by atoms with Gasteiger partial charge in [-0.05, 0) is 37.0 Å². The van der Waals surface area contributed by atoms with Crippen LogP contribution in [0.5, 0.6) is 5.75 Å². The summed E-state index contributed by atoms with van der Waals surface area (Å²) in [6, 6.07) is 4.26. The average Bonchev–Trinajstić information content (AvgIpc) is 2.46. The van der Waals surface area contributed by atoms with E-state index in [1.165, 1.54) is 7.11 Å². The summed E-state index contributed by atoms with van der Waals surface area (Å²) in [6.45, 7) is 3.40. The van der Waals surface area contributed by atoms with Gasteiger partial charge in [0.25, 0.3) is 0 Å². The number of carbonyl (C=O) groups excluding carboxylic acids is 1. The van der Waals surface area contributed by atoms with Crippen LogP contribution in [0.3, 0.4) is 0 Å². The topological polar surface area (TPSA) is 38.3 Å². The summed E-state index contributed by atoms with van der Waals surface area (Å²) in [4.78, 5) is 11.2. The van der Waals surface area contributed by atoms with Crippen molar-refractivity contribution in [2.24, 2.45) is 0 Å². The largest absolute Gasteiger partial charge is 0.496 e. The highest BCUT2D eigenvalue weighted by molar-refractivity contribution is 5.84. The molecule has 3 nitrogen and oxygen atoms in total. The molecule has 0 saturated carbocycles. The lowest BCUT2D eigenvalue weighted by molar-refractivity contribution is -0.270. The average molecular weight is 339 g/mol. The molecule has 0 fully saturated rings. The molecule has 0 aliphatic heterocycles. The molecule has 0 radical (unpaired) electrons. The Balaban J connectivity index is 2.84. The summed E-state index contributed by atoms with van der Waals surface area (Å²) in [5.41, 5.74) is 1.52. The second-order valence-corrected chi connectivity index (χ2v) is 5.16. The van der Waals surface area contributed by atoms with Crippen molar-refractivity contribution in [1.82, 2.24) is 5.32 Å². The van der Waals surface area contributed by atoms with Crippen molar-refractivity contribution in [3.05, 3.63) is 29.3 Å². The monoisotopic (exact) mass is 339 g/mol. The molecule has 23 heavy (non-hydrogen) atoms. The van der Waals surface area contributed by atoms with E-state index in [1.807, 2.05) is 6.92 Å². The number of hydrogen-bond acceptors (Lipinski definition) is 2. The van der Waals surface area contributed by atoms with Crippen molar-refractivity contribution < 1.29 is 31.5 Å². The Kier molecular flexibility index (Phi) is 5.96. The lowest BCUT2D eigenvalue weighted by Crippen LogP contribution is -2.53. The van der Waals surface area contributed by atoms with Crippen molar-refractivity contribution in [3.8, 4) is 5.75 Å². The Morgan fingerprint density at radius 1 is 1.26 bits per heavy atom. The number of methoxy groups -OCH3 is 1. The second-order valence-electron chi connectivity index (χ2n) is 5.16. The fourth-order valence-electron chi connectivity index (χ4n) is 1.98. The molecule has 1 aromatic carbocycles. The Bertz CT molecular complexity index is 557. The highest BCUT2D eigenvalue weighted by Gasteiger charge is 2.63. The maximum absolute atomic E-state index is 13.0. The third-order valence-corrected chi connectivity index (χ3v) is 3.42. The number of aryl methyl sites for hydroxylation is 1. The van der Waals surface area contributed by atoms with Gasteiger partial charge in [-0.25, -0.2) is 0 Å². The maximum atomic E-state index is 13.0. The van der Waals surface area contributed by atoms with Crippen molar-refractivity contribution >= 4 is 5.91 Å². The summed E-state index contributed by atoms with van der Waals surface area (Å²) in [6.07, 6.45) is -5.59. The molecule has 0 aliphatic rings. The first-order valence-corrected chi connectivity index (χ1v) is 6.92. The highest BCUT2D eigenvalue weighted by Crippen LogP contribution is 2.35. The molecular weight excluding hydrogens is 321 g/mol. The molecule has 1 rings (SSSR count). The van der Waals surface area contributed by atoms with Gasteiger partial charge in [0.05, 0.1) is 7.11 Å².